The Balaban J connectivity index is 2.15. The molecule has 138 valence electrons. The minimum Gasteiger partial charge on any atom is -0.296 e. The van der Waals surface area contributed by atoms with Crippen LogP contribution in [0.25, 0.3) is 38.4 Å². The van der Waals surface area contributed by atoms with E-state index in [9.17, 15) is 0 Å². The Bertz CT molecular complexity index is 1400. The van der Waals surface area contributed by atoms with E-state index < -0.39 is 0 Å². The van der Waals surface area contributed by atoms with Gasteiger partial charge in [-0.05, 0) is 68.5 Å². The average molecular weight is 364 g/mol. The van der Waals surface area contributed by atoms with Crippen molar-refractivity contribution in [2.24, 2.45) is 0 Å². The van der Waals surface area contributed by atoms with E-state index in [1.165, 1.54) is 60.8 Å². The Kier molecular flexibility index (Phi) is 3.60. The van der Waals surface area contributed by atoms with E-state index in [-0.39, 0.29) is 0 Å². The average Bonchev–Trinajstić information content (AvgIpc) is 3.04. The van der Waals surface area contributed by atoms with Gasteiger partial charge in [-0.2, -0.15) is 0 Å². The lowest BCUT2D eigenvalue weighted by Gasteiger charge is -2.18. The van der Waals surface area contributed by atoms with Crippen molar-refractivity contribution in [2.45, 2.75) is 34.6 Å². The second kappa shape index (κ2) is 5.93. The third-order valence-electron chi connectivity index (χ3n) is 5.94. The Morgan fingerprint density at radius 2 is 1.54 bits per heavy atom. The summed E-state index contributed by atoms with van der Waals surface area (Å²) < 4.78 is 2.32. The fourth-order valence-electron chi connectivity index (χ4n) is 4.73. The van der Waals surface area contributed by atoms with Gasteiger partial charge in [0.05, 0.1) is 5.52 Å². The molecular formula is C26H24N2. The Hall–Kier alpha value is -3.13. The Labute approximate surface area is 165 Å². The molecule has 0 N–H and O–H groups in total. The van der Waals surface area contributed by atoms with E-state index in [0.717, 1.165) is 5.65 Å². The van der Waals surface area contributed by atoms with Gasteiger partial charge in [-0.1, -0.05) is 48.0 Å². The normalized spacial score (nSPS) is 11.8. The molecule has 0 aliphatic rings. The molecule has 0 amide bonds. The topological polar surface area (TPSA) is 17.3 Å². The number of aromatic nitrogens is 2. The van der Waals surface area contributed by atoms with Crippen LogP contribution in [-0.4, -0.2) is 9.38 Å². The number of fused-ring (bicyclic) bond motifs is 6. The van der Waals surface area contributed by atoms with Crippen LogP contribution < -0.4 is 0 Å². The maximum absolute atomic E-state index is 4.81. The molecule has 0 fully saturated rings. The molecule has 0 atom stereocenters. The van der Waals surface area contributed by atoms with Gasteiger partial charge in [-0.3, -0.25) is 4.40 Å². The highest BCUT2D eigenvalue weighted by Gasteiger charge is 2.18. The van der Waals surface area contributed by atoms with Crippen LogP contribution in [-0.2, 0) is 0 Å². The molecule has 0 radical (unpaired) electrons. The van der Waals surface area contributed by atoms with Gasteiger partial charge in [0.1, 0.15) is 5.65 Å². The van der Waals surface area contributed by atoms with Crippen molar-refractivity contribution in [1.82, 2.24) is 9.38 Å². The van der Waals surface area contributed by atoms with Crippen LogP contribution in [0.1, 0.15) is 27.9 Å². The molecule has 0 bridgehead atoms. The summed E-state index contributed by atoms with van der Waals surface area (Å²) in [5.74, 6) is 0. The molecule has 2 heteroatoms. The van der Waals surface area contributed by atoms with Gasteiger partial charge in [-0.25, -0.2) is 4.98 Å². The summed E-state index contributed by atoms with van der Waals surface area (Å²) in [6, 6.07) is 17.8. The summed E-state index contributed by atoms with van der Waals surface area (Å²) in [6.45, 7) is 11.0. The molecule has 5 aromatic rings. The SMILES string of the molecule is Cc1cc(C)c2c(c1)c1c(-c3ccccc3C)c(C)ccc1c1ncc(C)n12. The quantitative estimate of drug-likeness (QED) is 0.297. The summed E-state index contributed by atoms with van der Waals surface area (Å²) in [7, 11) is 0. The maximum Gasteiger partial charge on any atom is 0.145 e. The van der Waals surface area contributed by atoms with Gasteiger partial charge in [0.15, 0.2) is 0 Å². The number of pyridine rings is 1. The largest absolute Gasteiger partial charge is 0.296 e. The number of nitrogens with zero attached hydrogens (tertiary/aromatic N) is 2. The molecule has 0 aliphatic heterocycles. The molecule has 0 saturated heterocycles. The lowest BCUT2D eigenvalue weighted by Crippen LogP contribution is -1.99. The highest BCUT2D eigenvalue weighted by Crippen LogP contribution is 2.41. The second-order valence-electron chi connectivity index (χ2n) is 8.03. The highest BCUT2D eigenvalue weighted by molar-refractivity contribution is 6.19. The number of hydrogen-bond acceptors (Lipinski definition) is 1. The molecule has 3 aromatic carbocycles. The summed E-state index contributed by atoms with van der Waals surface area (Å²) >= 11 is 0. The van der Waals surface area contributed by atoms with Crippen molar-refractivity contribution >= 4 is 27.3 Å². The van der Waals surface area contributed by atoms with Crippen LogP contribution in [0.15, 0.2) is 54.7 Å². The monoisotopic (exact) mass is 364 g/mol. The van der Waals surface area contributed by atoms with Crippen LogP contribution in [0.2, 0.25) is 0 Å². The minimum absolute atomic E-state index is 1.04. The summed E-state index contributed by atoms with van der Waals surface area (Å²) in [6.07, 6.45) is 1.99. The zero-order valence-electron chi connectivity index (χ0n) is 17.1. The van der Waals surface area contributed by atoms with Crippen molar-refractivity contribution in [3.05, 3.63) is 82.7 Å². The van der Waals surface area contributed by atoms with Crippen LogP contribution in [0.5, 0.6) is 0 Å². The predicted molar refractivity (Wildman–Crippen MR) is 119 cm³/mol. The van der Waals surface area contributed by atoms with Crippen LogP contribution in [0, 0.1) is 34.6 Å². The molecule has 0 spiro atoms. The fraction of sp³-hybridized carbons (Fsp3) is 0.192. The summed E-state index contributed by atoms with van der Waals surface area (Å²) in [4.78, 5) is 4.81. The first kappa shape index (κ1) is 17.0. The summed E-state index contributed by atoms with van der Waals surface area (Å²) in [5, 5.41) is 3.84. The molecule has 0 saturated carbocycles. The Morgan fingerprint density at radius 1 is 0.750 bits per heavy atom. The van der Waals surface area contributed by atoms with Crippen molar-refractivity contribution in [1.29, 1.82) is 0 Å². The zero-order chi connectivity index (χ0) is 19.6. The van der Waals surface area contributed by atoms with E-state index in [2.05, 4.69) is 87.6 Å². The first-order valence-electron chi connectivity index (χ1n) is 9.83. The predicted octanol–water partition coefficient (Wildman–Crippen LogP) is 6.85. The van der Waals surface area contributed by atoms with Crippen molar-refractivity contribution in [3.63, 3.8) is 0 Å². The lowest BCUT2D eigenvalue weighted by molar-refractivity contribution is 1.16. The standard InChI is InChI=1S/C26H24N2/c1-15-12-18(4)25-22(13-15)24-21(26-27-14-19(5)28(25)26)11-10-17(3)23(24)20-9-7-6-8-16(20)2/h6-14H,1-5H3. The van der Waals surface area contributed by atoms with E-state index >= 15 is 0 Å². The van der Waals surface area contributed by atoms with Gasteiger partial charge in [-0.15, -0.1) is 0 Å². The molecule has 28 heavy (non-hydrogen) atoms. The molecular weight excluding hydrogens is 340 g/mol. The van der Waals surface area contributed by atoms with Gasteiger partial charge in [0, 0.05) is 28.0 Å². The second-order valence-corrected chi connectivity index (χ2v) is 8.03. The molecule has 2 aromatic heterocycles. The third-order valence-corrected chi connectivity index (χ3v) is 5.94. The maximum atomic E-state index is 4.81. The van der Waals surface area contributed by atoms with Gasteiger partial charge >= 0.3 is 0 Å². The first-order chi connectivity index (χ1) is 13.5. The smallest absolute Gasteiger partial charge is 0.145 e. The minimum atomic E-state index is 1.04. The van der Waals surface area contributed by atoms with E-state index in [1.54, 1.807) is 0 Å². The van der Waals surface area contributed by atoms with E-state index in [4.69, 9.17) is 4.98 Å². The first-order valence-corrected chi connectivity index (χ1v) is 9.83. The number of imidazole rings is 1. The molecule has 2 nitrogen and oxygen atoms in total. The van der Waals surface area contributed by atoms with Crippen LogP contribution >= 0.6 is 0 Å². The highest BCUT2D eigenvalue weighted by atomic mass is 15.0. The molecule has 0 unspecified atom stereocenters. The van der Waals surface area contributed by atoms with Gasteiger partial charge < -0.3 is 0 Å². The number of hydrogen-bond donors (Lipinski definition) is 0. The van der Waals surface area contributed by atoms with Crippen molar-refractivity contribution in [2.75, 3.05) is 0 Å². The van der Waals surface area contributed by atoms with Gasteiger partial charge in [0.25, 0.3) is 0 Å². The van der Waals surface area contributed by atoms with Gasteiger partial charge in [0.2, 0.25) is 0 Å². The summed E-state index contributed by atoms with van der Waals surface area (Å²) in [5.41, 5.74) is 11.3. The number of aryl methyl sites for hydroxylation is 5. The molecule has 0 aliphatic carbocycles. The molecule has 2 heterocycles. The zero-order valence-corrected chi connectivity index (χ0v) is 17.1. The fourth-order valence-corrected chi connectivity index (χ4v) is 4.73. The molecule has 5 rings (SSSR count). The number of benzene rings is 3. The lowest BCUT2D eigenvalue weighted by atomic mass is 9.89. The Morgan fingerprint density at radius 3 is 2.32 bits per heavy atom. The van der Waals surface area contributed by atoms with E-state index in [0.29, 0.717) is 0 Å². The number of rotatable bonds is 1. The van der Waals surface area contributed by atoms with Crippen molar-refractivity contribution < 1.29 is 0 Å². The van der Waals surface area contributed by atoms with E-state index in [1.807, 2.05) is 6.20 Å². The van der Waals surface area contributed by atoms with Crippen LogP contribution in [0.4, 0.5) is 0 Å². The van der Waals surface area contributed by atoms with Crippen molar-refractivity contribution in [3.8, 4) is 11.1 Å². The third kappa shape index (κ3) is 2.24. The van der Waals surface area contributed by atoms with Crippen LogP contribution in [0.3, 0.4) is 0 Å².